The second-order valence-electron chi connectivity index (χ2n) is 5.87. The van der Waals surface area contributed by atoms with Gasteiger partial charge in [0.05, 0.1) is 11.2 Å². The Morgan fingerprint density at radius 2 is 1.90 bits per heavy atom. The van der Waals surface area contributed by atoms with E-state index in [1.807, 2.05) is 57.5 Å². The van der Waals surface area contributed by atoms with Crippen LogP contribution in [0.2, 0.25) is 0 Å². The Labute approximate surface area is 119 Å². The molecule has 2 rings (SSSR count). The highest BCUT2D eigenvalue weighted by molar-refractivity contribution is 6.02. The number of anilines is 1. The molecule has 0 atom stereocenters. The van der Waals surface area contributed by atoms with Gasteiger partial charge in [-0.2, -0.15) is 5.10 Å². The largest absolute Gasteiger partial charge is 0.305 e. The van der Waals surface area contributed by atoms with Gasteiger partial charge < -0.3 is 5.32 Å². The number of nitrogens with zero attached hydrogens (tertiary/aromatic N) is 3. The van der Waals surface area contributed by atoms with E-state index in [9.17, 15) is 4.79 Å². The van der Waals surface area contributed by atoms with Crippen LogP contribution in [0.3, 0.4) is 0 Å². The number of rotatable bonds is 2. The smallest absolute Gasteiger partial charge is 0.275 e. The summed E-state index contributed by atoms with van der Waals surface area (Å²) in [5.41, 5.74) is 1.89. The minimum Gasteiger partial charge on any atom is -0.305 e. The lowest BCUT2D eigenvalue weighted by molar-refractivity contribution is 0.102. The van der Waals surface area contributed by atoms with Gasteiger partial charge in [-0.25, -0.2) is 9.67 Å². The number of carbonyl (C=O) groups excluding carboxylic acids is 1. The summed E-state index contributed by atoms with van der Waals surface area (Å²) in [5, 5.41) is 7.31. The molecule has 5 heteroatoms. The molecule has 20 heavy (non-hydrogen) atoms. The fraction of sp³-hybridized carbons (Fsp3) is 0.400. The predicted molar refractivity (Wildman–Crippen MR) is 78.9 cm³/mol. The van der Waals surface area contributed by atoms with Crippen LogP contribution in [0.5, 0.6) is 0 Å². The third-order valence-corrected chi connectivity index (χ3v) is 2.83. The van der Waals surface area contributed by atoms with Gasteiger partial charge in [0.15, 0.2) is 0 Å². The van der Waals surface area contributed by atoms with E-state index < -0.39 is 0 Å². The number of hydrogen-bond acceptors (Lipinski definition) is 3. The van der Waals surface area contributed by atoms with Crippen molar-refractivity contribution < 1.29 is 4.79 Å². The van der Waals surface area contributed by atoms with E-state index in [-0.39, 0.29) is 11.4 Å². The monoisotopic (exact) mass is 272 g/mol. The molecule has 106 valence electrons. The quantitative estimate of drug-likeness (QED) is 0.914. The third kappa shape index (κ3) is 3.04. The first-order valence-electron chi connectivity index (χ1n) is 6.59. The summed E-state index contributed by atoms with van der Waals surface area (Å²) in [6, 6.07) is 7.25. The molecule has 5 nitrogen and oxygen atoms in total. The first kappa shape index (κ1) is 14.2. The van der Waals surface area contributed by atoms with Gasteiger partial charge in [0.25, 0.3) is 5.91 Å². The summed E-state index contributed by atoms with van der Waals surface area (Å²) in [5.74, 6) is 0.461. The van der Waals surface area contributed by atoms with Crippen molar-refractivity contribution in [3.05, 3.63) is 41.3 Å². The molecule has 2 heterocycles. The maximum Gasteiger partial charge on any atom is 0.275 e. The van der Waals surface area contributed by atoms with Gasteiger partial charge in [-0.05, 0) is 46.8 Å². The zero-order valence-electron chi connectivity index (χ0n) is 12.6. The van der Waals surface area contributed by atoms with Crippen LogP contribution in [0.1, 0.15) is 42.6 Å². The molecule has 0 aliphatic rings. The zero-order valence-corrected chi connectivity index (χ0v) is 12.6. The number of amides is 1. The highest BCUT2D eigenvalue weighted by Gasteiger charge is 2.20. The molecule has 0 aromatic carbocycles. The standard InChI is InChI=1S/C15H20N4O/c1-10-7-6-8-12(16-10)14(20)17-13-9-11(2)18-19(13)15(3,4)5/h6-9H,1-5H3,(H,17,20). The topological polar surface area (TPSA) is 59.8 Å². The van der Waals surface area contributed by atoms with Crippen molar-refractivity contribution in [3.63, 3.8) is 0 Å². The summed E-state index contributed by atoms with van der Waals surface area (Å²) in [4.78, 5) is 16.5. The van der Waals surface area contributed by atoms with E-state index in [1.165, 1.54) is 0 Å². The van der Waals surface area contributed by atoms with Gasteiger partial charge in [0, 0.05) is 11.8 Å². The maximum atomic E-state index is 12.2. The molecule has 0 saturated carbocycles. The third-order valence-electron chi connectivity index (χ3n) is 2.83. The molecule has 0 fully saturated rings. The number of aromatic nitrogens is 3. The van der Waals surface area contributed by atoms with Crippen LogP contribution in [0.15, 0.2) is 24.3 Å². The molecule has 0 saturated heterocycles. The van der Waals surface area contributed by atoms with Crippen LogP contribution in [0, 0.1) is 13.8 Å². The second kappa shape index (κ2) is 5.07. The summed E-state index contributed by atoms with van der Waals surface area (Å²) in [6.07, 6.45) is 0. The SMILES string of the molecule is Cc1cccc(C(=O)Nc2cc(C)nn2C(C)(C)C)n1. The normalized spacial score (nSPS) is 11.4. The van der Waals surface area contributed by atoms with Crippen LogP contribution in [-0.2, 0) is 5.54 Å². The zero-order chi connectivity index (χ0) is 14.9. The van der Waals surface area contributed by atoms with Crippen molar-refractivity contribution in [1.82, 2.24) is 14.8 Å². The molecule has 2 aromatic rings. The lowest BCUT2D eigenvalue weighted by Crippen LogP contribution is -2.27. The molecule has 0 unspecified atom stereocenters. The van der Waals surface area contributed by atoms with E-state index in [2.05, 4.69) is 15.4 Å². The number of nitrogens with one attached hydrogen (secondary N) is 1. The number of hydrogen-bond donors (Lipinski definition) is 1. The summed E-state index contributed by atoms with van der Waals surface area (Å²) in [7, 11) is 0. The summed E-state index contributed by atoms with van der Waals surface area (Å²) < 4.78 is 1.82. The van der Waals surface area contributed by atoms with Crippen LogP contribution < -0.4 is 5.32 Å². The Morgan fingerprint density at radius 1 is 1.20 bits per heavy atom. The van der Waals surface area contributed by atoms with Gasteiger partial charge >= 0.3 is 0 Å². The van der Waals surface area contributed by atoms with E-state index in [4.69, 9.17) is 0 Å². The molecule has 2 aromatic heterocycles. The first-order valence-corrected chi connectivity index (χ1v) is 6.59. The van der Waals surface area contributed by atoms with E-state index in [1.54, 1.807) is 6.07 Å². The molecule has 0 bridgehead atoms. The van der Waals surface area contributed by atoms with Crippen molar-refractivity contribution in [3.8, 4) is 0 Å². The Bertz CT molecular complexity index is 638. The van der Waals surface area contributed by atoms with Gasteiger partial charge in [0.1, 0.15) is 11.5 Å². The van der Waals surface area contributed by atoms with Crippen LogP contribution in [0.25, 0.3) is 0 Å². The van der Waals surface area contributed by atoms with Crippen LogP contribution in [-0.4, -0.2) is 20.7 Å². The van der Waals surface area contributed by atoms with E-state index in [0.717, 1.165) is 11.4 Å². The lowest BCUT2D eigenvalue weighted by Gasteiger charge is -2.22. The second-order valence-corrected chi connectivity index (χ2v) is 5.87. The number of carbonyl (C=O) groups is 1. The minimum absolute atomic E-state index is 0.198. The van der Waals surface area contributed by atoms with Gasteiger partial charge in [-0.15, -0.1) is 0 Å². The molecule has 1 N–H and O–H groups in total. The Morgan fingerprint density at radius 3 is 2.50 bits per heavy atom. The Kier molecular flexibility index (Phi) is 3.61. The minimum atomic E-state index is -0.223. The van der Waals surface area contributed by atoms with Crippen molar-refractivity contribution in [1.29, 1.82) is 0 Å². The predicted octanol–water partition coefficient (Wildman–Crippen LogP) is 2.90. The molecule has 1 amide bonds. The van der Waals surface area contributed by atoms with Crippen LogP contribution in [0.4, 0.5) is 5.82 Å². The fourth-order valence-corrected chi connectivity index (χ4v) is 1.95. The van der Waals surface area contributed by atoms with Gasteiger partial charge in [0.2, 0.25) is 0 Å². The molecule has 0 spiro atoms. The lowest BCUT2D eigenvalue weighted by atomic mass is 10.1. The molecular formula is C15H20N4O. The van der Waals surface area contributed by atoms with Crippen molar-refractivity contribution in [2.24, 2.45) is 0 Å². The fourth-order valence-electron chi connectivity index (χ4n) is 1.95. The number of aryl methyl sites for hydroxylation is 2. The molecular weight excluding hydrogens is 252 g/mol. The van der Waals surface area contributed by atoms with Crippen molar-refractivity contribution in [2.75, 3.05) is 5.32 Å². The van der Waals surface area contributed by atoms with Crippen molar-refractivity contribution >= 4 is 11.7 Å². The van der Waals surface area contributed by atoms with Crippen LogP contribution >= 0.6 is 0 Å². The Balaban J connectivity index is 2.29. The average molecular weight is 272 g/mol. The average Bonchev–Trinajstić information content (AvgIpc) is 2.70. The van der Waals surface area contributed by atoms with Gasteiger partial charge in [-0.3, -0.25) is 4.79 Å². The highest BCUT2D eigenvalue weighted by atomic mass is 16.2. The first-order chi connectivity index (χ1) is 9.27. The van der Waals surface area contributed by atoms with E-state index >= 15 is 0 Å². The Hall–Kier alpha value is -2.17. The molecule has 0 aliphatic heterocycles. The maximum absolute atomic E-state index is 12.2. The van der Waals surface area contributed by atoms with Crippen molar-refractivity contribution in [2.45, 2.75) is 40.2 Å². The summed E-state index contributed by atoms with van der Waals surface area (Å²) in [6.45, 7) is 9.89. The highest BCUT2D eigenvalue weighted by Crippen LogP contribution is 2.21. The van der Waals surface area contributed by atoms with E-state index in [0.29, 0.717) is 11.5 Å². The molecule has 0 aliphatic carbocycles. The molecule has 0 radical (unpaired) electrons. The van der Waals surface area contributed by atoms with Gasteiger partial charge in [-0.1, -0.05) is 6.07 Å². The number of pyridine rings is 1. The summed E-state index contributed by atoms with van der Waals surface area (Å²) >= 11 is 0.